The number of aliphatic carboxylic acids is 1. The first-order valence-corrected chi connectivity index (χ1v) is 7.24. The number of hydrogen-bond acceptors (Lipinski definition) is 2. The molecule has 1 aromatic carbocycles. The van der Waals surface area contributed by atoms with Crippen LogP contribution < -0.4 is 5.32 Å². The summed E-state index contributed by atoms with van der Waals surface area (Å²) >= 11 is 0. The molecule has 0 fully saturated rings. The van der Waals surface area contributed by atoms with E-state index in [0.717, 1.165) is 12.0 Å². The lowest BCUT2D eigenvalue weighted by Gasteiger charge is -2.31. The zero-order chi connectivity index (χ0) is 15.3. The number of benzene rings is 1. The Balaban J connectivity index is 2.96. The lowest BCUT2D eigenvalue weighted by atomic mass is 9.84. The number of nitrogens with one attached hydrogen (secondary N) is 1. The number of hydrogen-bond donors (Lipinski definition) is 2. The third kappa shape index (κ3) is 5.33. The van der Waals surface area contributed by atoms with Gasteiger partial charge >= 0.3 is 5.97 Å². The molecule has 2 unspecified atom stereocenters. The fourth-order valence-electron chi connectivity index (χ4n) is 2.34. The maximum absolute atomic E-state index is 11.4. The van der Waals surface area contributed by atoms with E-state index < -0.39 is 12.0 Å². The van der Waals surface area contributed by atoms with Crippen molar-refractivity contribution in [2.75, 3.05) is 0 Å². The van der Waals surface area contributed by atoms with E-state index in [1.807, 2.05) is 32.0 Å². The minimum atomic E-state index is -0.783. The molecule has 0 aromatic heterocycles. The number of carbonyl (C=O) groups is 1. The van der Waals surface area contributed by atoms with Crippen molar-refractivity contribution in [3.8, 4) is 0 Å². The Kier molecular flexibility index (Phi) is 5.75. The summed E-state index contributed by atoms with van der Waals surface area (Å²) < 4.78 is 0. The van der Waals surface area contributed by atoms with Crippen LogP contribution in [-0.2, 0) is 4.79 Å². The predicted molar refractivity (Wildman–Crippen MR) is 82.7 cm³/mol. The summed E-state index contributed by atoms with van der Waals surface area (Å²) in [7, 11) is 0. The van der Waals surface area contributed by atoms with E-state index in [1.54, 1.807) is 0 Å². The van der Waals surface area contributed by atoms with Crippen molar-refractivity contribution in [1.82, 2.24) is 5.32 Å². The van der Waals surface area contributed by atoms with Gasteiger partial charge in [-0.1, -0.05) is 65.0 Å². The normalized spacial score (nSPS) is 15.1. The molecule has 0 aliphatic carbocycles. The molecule has 0 bridgehead atoms. The molecule has 0 saturated heterocycles. The van der Waals surface area contributed by atoms with Gasteiger partial charge in [-0.05, 0) is 23.3 Å². The van der Waals surface area contributed by atoms with Gasteiger partial charge in [-0.3, -0.25) is 10.1 Å². The van der Waals surface area contributed by atoms with Crippen molar-refractivity contribution >= 4 is 5.97 Å². The van der Waals surface area contributed by atoms with Crippen molar-refractivity contribution < 1.29 is 9.90 Å². The SMILES string of the molecule is CC(C)C(NC(CC(C)(C)C)c1ccccc1)C(=O)O. The molecular weight excluding hydrogens is 250 g/mol. The maximum Gasteiger partial charge on any atom is 0.320 e. The van der Waals surface area contributed by atoms with Gasteiger partial charge in [0.25, 0.3) is 0 Å². The van der Waals surface area contributed by atoms with Crippen LogP contribution >= 0.6 is 0 Å². The highest BCUT2D eigenvalue weighted by Gasteiger charge is 2.27. The van der Waals surface area contributed by atoms with Crippen molar-refractivity contribution in [3.05, 3.63) is 35.9 Å². The average Bonchev–Trinajstić information content (AvgIpc) is 2.33. The van der Waals surface area contributed by atoms with Gasteiger partial charge in [0, 0.05) is 6.04 Å². The average molecular weight is 277 g/mol. The Morgan fingerprint density at radius 3 is 2.15 bits per heavy atom. The molecule has 0 radical (unpaired) electrons. The van der Waals surface area contributed by atoms with E-state index in [4.69, 9.17) is 0 Å². The summed E-state index contributed by atoms with van der Waals surface area (Å²) in [6.45, 7) is 10.4. The molecule has 0 spiro atoms. The second kappa shape index (κ2) is 6.89. The van der Waals surface area contributed by atoms with Crippen LogP contribution in [0.1, 0.15) is 52.6 Å². The highest BCUT2D eigenvalue weighted by atomic mass is 16.4. The maximum atomic E-state index is 11.4. The van der Waals surface area contributed by atoms with Crippen molar-refractivity contribution in [2.45, 2.75) is 53.1 Å². The molecule has 0 aliphatic heterocycles. The fraction of sp³-hybridized carbons (Fsp3) is 0.588. The Labute approximate surface area is 122 Å². The summed E-state index contributed by atoms with van der Waals surface area (Å²) in [6, 6.07) is 9.62. The van der Waals surface area contributed by atoms with E-state index >= 15 is 0 Å². The van der Waals surface area contributed by atoms with Crippen LogP contribution in [0.4, 0.5) is 0 Å². The second-order valence-corrected chi connectivity index (χ2v) is 6.95. The predicted octanol–water partition coefficient (Wildman–Crippen LogP) is 3.86. The summed E-state index contributed by atoms with van der Waals surface area (Å²) in [5.74, 6) is -0.728. The van der Waals surface area contributed by atoms with Gasteiger partial charge in [0.05, 0.1) is 0 Å². The quantitative estimate of drug-likeness (QED) is 0.830. The largest absolute Gasteiger partial charge is 0.480 e. The van der Waals surface area contributed by atoms with Crippen molar-refractivity contribution in [3.63, 3.8) is 0 Å². The molecule has 1 rings (SSSR count). The summed E-state index contributed by atoms with van der Waals surface area (Å²) in [5.41, 5.74) is 1.28. The van der Waals surface area contributed by atoms with Crippen LogP contribution in [0.5, 0.6) is 0 Å². The first-order chi connectivity index (χ1) is 9.20. The lowest BCUT2D eigenvalue weighted by molar-refractivity contribution is -0.141. The fourth-order valence-corrected chi connectivity index (χ4v) is 2.34. The van der Waals surface area contributed by atoms with Gasteiger partial charge in [-0.2, -0.15) is 0 Å². The highest BCUT2D eigenvalue weighted by Crippen LogP contribution is 2.30. The molecule has 0 aliphatic rings. The van der Waals surface area contributed by atoms with Crippen LogP contribution in [0.3, 0.4) is 0 Å². The van der Waals surface area contributed by atoms with Crippen molar-refractivity contribution in [1.29, 1.82) is 0 Å². The molecule has 0 heterocycles. The van der Waals surface area contributed by atoms with Gasteiger partial charge in [-0.25, -0.2) is 0 Å². The Morgan fingerprint density at radius 1 is 1.20 bits per heavy atom. The van der Waals surface area contributed by atoms with Crippen LogP contribution in [0.15, 0.2) is 30.3 Å². The molecule has 0 amide bonds. The number of rotatable bonds is 6. The topological polar surface area (TPSA) is 49.3 Å². The molecule has 2 N–H and O–H groups in total. The number of carboxylic acid groups (broad SMARTS) is 1. The molecule has 20 heavy (non-hydrogen) atoms. The Morgan fingerprint density at radius 2 is 1.75 bits per heavy atom. The van der Waals surface area contributed by atoms with Gasteiger partial charge in [0.1, 0.15) is 6.04 Å². The monoisotopic (exact) mass is 277 g/mol. The Hall–Kier alpha value is -1.35. The summed E-state index contributed by atoms with van der Waals surface area (Å²) in [6.07, 6.45) is 0.896. The second-order valence-electron chi connectivity index (χ2n) is 6.95. The Bertz CT molecular complexity index is 420. The first kappa shape index (κ1) is 16.7. The zero-order valence-corrected chi connectivity index (χ0v) is 13.2. The molecule has 2 atom stereocenters. The molecule has 0 saturated carbocycles. The standard InChI is InChI=1S/C17H27NO2/c1-12(2)15(16(19)20)18-14(11-17(3,4)5)13-9-7-6-8-10-13/h6-10,12,14-15,18H,11H2,1-5H3,(H,19,20). The summed E-state index contributed by atoms with van der Waals surface area (Å²) in [4.78, 5) is 11.4. The molecule has 3 nitrogen and oxygen atoms in total. The van der Waals surface area contributed by atoms with E-state index in [2.05, 4.69) is 38.2 Å². The lowest BCUT2D eigenvalue weighted by Crippen LogP contribution is -2.43. The van der Waals surface area contributed by atoms with Crippen LogP contribution in [0, 0.1) is 11.3 Å². The molecular formula is C17H27NO2. The van der Waals surface area contributed by atoms with Crippen LogP contribution in [0.25, 0.3) is 0 Å². The van der Waals surface area contributed by atoms with E-state index in [1.165, 1.54) is 0 Å². The van der Waals surface area contributed by atoms with Crippen LogP contribution in [0.2, 0.25) is 0 Å². The molecule has 1 aromatic rings. The van der Waals surface area contributed by atoms with Gasteiger partial charge in [-0.15, -0.1) is 0 Å². The number of carboxylic acids is 1. The third-order valence-electron chi connectivity index (χ3n) is 3.33. The minimum absolute atomic E-state index is 0.0543. The van der Waals surface area contributed by atoms with E-state index in [-0.39, 0.29) is 17.4 Å². The molecule has 112 valence electrons. The van der Waals surface area contributed by atoms with Crippen LogP contribution in [-0.4, -0.2) is 17.1 Å². The first-order valence-electron chi connectivity index (χ1n) is 7.24. The van der Waals surface area contributed by atoms with Gasteiger partial charge in [0.2, 0.25) is 0 Å². The van der Waals surface area contributed by atoms with E-state index in [9.17, 15) is 9.90 Å². The van der Waals surface area contributed by atoms with E-state index in [0.29, 0.717) is 0 Å². The third-order valence-corrected chi connectivity index (χ3v) is 3.33. The smallest absolute Gasteiger partial charge is 0.320 e. The van der Waals surface area contributed by atoms with Gasteiger partial charge < -0.3 is 5.11 Å². The highest BCUT2D eigenvalue weighted by molar-refractivity contribution is 5.73. The summed E-state index contributed by atoms with van der Waals surface area (Å²) in [5, 5.41) is 12.7. The van der Waals surface area contributed by atoms with Gasteiger partial charge in [0.15, 0.2) is 0 Å². The molecule has 3 heteroatoms. The van der Waals surface area contributed by atoms with Crippen molar-refractivity contribution in [2.24, 2.45) is 11.3 Å². The minimum Gasteiger partial charge on any atom is -0.480 e. The zero-order valence-electron chi connectivity index (χ0n) is 13.2.